The van der Waals surface area contributed by atoms with Crippen molar-refractivity contribution in [3.8, 4) is 22.9 Å². The van der Waals surface area contributed by atoms with E-state index in [1.54, 1.807) is 31.5 Å². The van der Waals surface area contributed by atoms with Gasteiger partial charge in [0.1, 0.15) is 17.4 Å². The van der Waals surface area contributed by atoms with Gasteiger partial charge in [0.2, 0.25) is 0 Å². The fourth-order valence-electron chi connectivity index (χ4n) is 8.77. The SMILES string of the molecule is CCCCCC(C)(CCCC)COc1nc(N2CC3CCC(C2)N3)c2c(C=NC)c(N)c3c(c2n1)C(C)c1c(F)ccc2cc(O)cc-3c12. The van der Waals surface area contributed by atoms with Crippen LogP contribution in [0.3, 0.4) is 0 Å². The van der Waals surface area contributed by atoms with Gasteiger partial charge in [0.05, 0.1) is 17.5 Å². The first-order valence-corrected chi connectivity index (χ1v) is 18.3. The molecule has 1 aliphatic carbocycles. The van der Waals surface area contributed by atoms with E-state index in [0.717, 1.165) is 90.3 Å². The van der Waals surface area contributed by atoms with Gasteiger partial charge in [-0.05, 0) is 65.8 Å². The van der Waals surface area contributed by atoms with Gasteiger partial charge in [-0.2, -0.15) is 9.97 Å². The summed E-state index contributed by atoms with van der Waals surface area (Å²) in [5, 5.41) is 17.0. The van der Waals surface area contributed by atoms with Gasteiger partial charge < -0.3 is 25.8 Å². The molecule has 4 unspecified atom stereocenters. The number of hydrogen-bond donors (Lipinski definition) is 3. The van der Waals surface area contributed by atoms with Crippen LogP contribution in [0.2, 0.25) is 0 Å². The zero-order valence-electron chi connectivity index (χ0n) is 29.7. The van der Waals surface area contributed by atoms with Crippen molar-refractivity contribution in [2.45, 2.75) is 103 Å². The monoisotopic (exact) mass is 666 g/mol. The van der Waals surface area contributed by atoms with E-state index in [4.69, 9.17) is 20.4 Å². The smallest absolute Gasteiger partial charge is 0.318 e. The molecular formula is C40H51FN6O2. The molecule has 0 spiro atoms. The number of aliphatic imine (C=N–C) groups is 1. The lowest BCUT2D eigenvalue weighted by Gasteiger charge is -2.36. The topological polar surface area (TPSA) is 109 Å². The minimum Gasteiger partial charge on any atom is -0.508 e. The average Bonchev–Trinajstić information content (AvgIpc) is 3.43. The zero-order chi connectivity index (χ0) is 34.4. The Kier molecular flexibility index (Phi) is 9.15. The van der Waals surface area contributed by atoms with E-state index in [1.165, 1.54) is 25.3 Å². The molecule has 7 rings (SSSR count). The first-order valence-electron chi connectivity index (χ1n) is 18.3. The van der Waals surface area contributed by atoms with Gasteiger partial charge >= 0.3 is 6.01 Å². The molecule has 2 bridgehead atoms. The van der Waals surface area contributed by atoms with Crippen molar-refractivity contribution < 1.29 is 14.2 Å². The number of aromatic nitrogens is 2. The lowest BCUT2D eigenvalue weighted by atomic mass is 9.75. The number of nitrogen functional groups attached to an aromatic ring is 1. The number of aromatic hydroxyl groups is 1. The van der Waals surface area contributed by atoms with Crippen LogP contribution in [0.4, 0.5) is 15.9 Å². The van der Waals surface area contributed by atoms with E-state index >= 15 is 4.39 Å². The van der Waals surface area contributed by atoms with Crippen LogP contribution < -0.4 is 20.7 Å². The summed E-state index contributed by atoms with van der Waals surface area (Å²) in [6.07, 6.45) is 12.1. The van der Waals surface area contributed by atoms with Crippen LogP contribution in [0.15, 0.2) is 29.3 Å². The maximum Gasteiger partial charge on any atom is 0.318 e. The molecule has 2 saturated heterocycles. The first-order chi connectivity index (χ1) is 23.7. The number of phenolic OH excluding ortho intramolecular Hbond substituents is 1. The Morgan fingerprint density at radius 1 is 1.06 bits per heavy atom. The van der Waals surface area contributed by atoms with Gasteiger partial charge in [-0.25, -0.2) is 4.39 Å². The molecule has 4 N–H and O–H groups in total. The van der Waals surface area contributed by atoms with E-state index in [1.807, 2.05) is 6.92 Å². The number of nitrogens with one attached hydrogen (secondary N) is 1. The molecule has 2 aliphatic heterocycles. The van der Waals surface area contributed by atoms with Crippen molar-refractivity contribution >= 4 is 39.4 Å². The lowest BCUT2D eigenvalue weighted by molar-refractivity contribution is 0.126. The van der Waals surface area contributed by atoms with E-state index < -0.39 is 0 Å². The highest BCUT2D eigenvalue weighted by atomic mass is 19.1. The lowest BCUT2D eigenvalue weighted by Crippen LogP contribution is -2.51. The molecule has 0 radical (unpaired) electrons. The number of hydrogen-bond acceptors (Lipinski definition) is 8. The molecule has 3 aromatic carbocycles. The Labute approximate surface area is 289 Å². The van der Waals surface area contributed by atoms with Crippen molar-refractivity contribution in [3.63, 3.8) is 0 Å². The molecule has 1 aromatic heterocycles. The number of anilines is 2. The highest BCUT2D eigenvalue weighted by Crippen LogP contribution is 2.53. The van der Waals surface area contributed by atoms with Crippen LogP contribution in [0.5, 0.6) is 11.8 Å². The fourth-order valence-corrected chi connectivity index (χ4v) is 8.77. The largest absolute Gasteiger partial charge is 0.508 e. The van der Waals surface area contributed by atoms with Gasteiger partial charge in [-0.15, -0.1) is 0 Å². The Bertz CT molecular complexity index is 1920. The number of ether oxygens (including phenoxy) is 1. The molecule has 8 nitrogen and oxygen atoms in total. The standard InChI is InChI=1S/C40H51FN6O2/c1-6-8-10-16-40(4,15-9-7-2)22-49-39-45-37-32-23(3)31-30(41)14-11-24-17-27(48)18-28(33(24)31)34(32)36(42)29(19-43-5)35(37)38(46-39)47-20-25-12-13-26(21-47)44-25/h11,14,17-19,23,25-26,44,48H,6-10,12-13,15-16,20-22,42H2,1-5H3. The van der Waals surface area contributed by atoms with Crippen LogP contribution in [0.25, 0.3) is 32.8 Å². The first kappa shape index (κ1) is 33.5. The molecule has 49 heavy (non-hydrogen) atoms. The normalized spacial score (nSPS) is 21.1. The number of fused-ring (bicyclic) bond motifs is 6. The Morgan fingerprint density at radius 3 is 2.51 bits per heavy atom. The minimum absolute atomic E-state index is 0.000910. The maximum atomic E-state index is 15.9. The van der Waals surface area contributed by atoms with Crippen LogP contribution in [0, 0.1) is 11.2 Å². The summed E-state index contributed by atoms with van der Waals surface area (Å²) in [7, 11) is 1.74. The molecular weight excluding hydrogens is 615 g/mol. The minimum atomic E-state index is -0.369. The summed E-state index contributed by atoms with van der Waals surface area (Å²) in [6.45, 7) is 11.0. The van der Waals surface area contributed by atoms with Crippen molar-refractivity contribution in [3.05, 3.63) is 46.8 Å². The molecule has 3 aliphatic rings. The molecule has 2 fully saturated rings. The third-order valence-electron chi connectivity index (χ3n) is 11.3. The van der Waals surface area contributed by atoms with Gasteiger partial charge in [0, 0.05) is 72.1 Å². The number of unbranched alkanes of at least 4 members (excludes halogenated alkanes) is 3. The molecule has 0 saturated carbocycles. The third-order valence-corrected chi connectivity index (χ3v) is 11.3. The quantitative estimate of drug-likeness (QED) is 0.0791. The number of benzene rings is 3. The molecule has 4 atom stereocenters. The van der Waals surface area contributed by atoms with Crippen molar-refractivity contribution in [2.24, 2.45) is 10.4 Å². The highest BCUT2D eigenvalue weighted by Gasteiger charge is 2.38. The number of halogens is 1. The highest BCUT2D eigenvalue weighted by molar-refractivity contribution is 6.18. The van der Waals surface area contributed by atoms with Crippen LogP contribution in [-0.2, 0) is 0 Å². The molecule has 4 aromatic rings. The van der Waals surface area contributed by atoms with Crippen molar-refractivity contribution in [1.82, 2.24) is 15.3 Å². The molecule has 260 valence electrons. The second-order valence-corrected chi connectivity index (χ2v) is 15.0. The van der Waals surface area contributed by atoms with Crippen LogP contribution in [-0.4, -0.2) is 60.1 Å². The van der Waals surface area contributed by atoms with Gasteiger partial charge in [0.15, 0.2) is 0 Å². The van der Waals surface area contributed by atoms with E-state index in [-0.39, 0.29) is 22.9 Å². The molecule has 9 heteroatoms. The third kappa shape index (κ3) is 5.98. The Morgan fingerprint density at radius 2 is 1.80 bits per heavy atom. The summed E-state index contributed by atoms with van der Waals surface area (Å²) in [4.78, 5) is 17.3. The van der Waals surface area contributed by atoms with Gasteiger partial charge in [0.25, 0.3) is 0 Å². The summed E-state index contributed by atoms with van der Waals surface area (Å²) >= 11 is 0. The number of piperazine rings is 1. The van der Waals surface area contributed by atoms with Gasteiger partial charge in [-0.1, -0.05) is 65.9 Å². The van der Waals surface area contributed by atoms with E-state index in [0.29, 0.717) is 47.0 Å². The fraction of sp³-hybridized carbons (Fsp3) is 0.525. The Balaban J connectivity index is 1.47. The maximum absolute atomic E-state index is 15.9. The number of nitrogens with zero attached hydrogens (tertiary/aromatic N) is 4. The van der Waals surface area contributed by atoms with Crippen molar-refractivity contribution in [2.75, 3.05) is 37.4 Å². The van der Waals surface area contributed by atoms with Gasteiger partial charge in [-0.3, -0.25) is 4.99 Å². The summed E-state index contributed by atoms with van der Waals surface area (Å²) in [5.41, 5.74) is 12.0. The summed E-state index contributed by atoms with van der Waals surface area (Å²) < 4.78 is 22.6. The second-order valence-electron chi connectivity index (χ2n) is 15.0. The summed E-state index contributed by atoms with van der Waals surface area (Å²) in [6, 6.07) is 7.70. The van der Waals surface area contributed by atoms with Crippen LogP contribution in [0.1, 0.15) is 108 Å². The zero-order valence-corrected chi connectivity index (χ0v) is 29.7. The molecule has 3 heterocycles. The van der Waals surface area contributed by atoms with E-state index in [2.05, 4.69) is 36.0 Å². The average molecular weight is 667 g/mol. The second kappa shape index (κ2) is 13.4. The number of phenols is 1. The predicted molar refractivity (Wildman–Crippen MR) is 199 cm³/mol. The molecule has 0 amide bonds. The number of rotatable bonds is 12. The van der Waals surface area contributed by atoms with Crippen LogP contribution >= 0.6 is 0 Å². The van der Waals surface area contributed by atoms with Crippen molar-refractivity contribution in [1.29, 1.82) is 0 Å². The van der Waals surface area contributed by atoms with E-state index in [9.17, 15) is 5.11 Å². The summed E-state index contributed by atoms with van der Waals surface area (Å²) in [5.74, 6) is 0.235. The predicted octanol–water partition coefficient (Wildman–Crippen LogP) is 8.49. The Hall–Kier alpha value is -3.98. The number of nitrogens with two attached hydrogens (primary N) is 1.